The second-order valence-corrected chi connectivity index (χ2v) is 4.63. The first-order valence-corrected chi connectivity index (χ1v) is 5.51. The van der Waals surface area contributed by atoms with E-state index < -0.39 is 0 Å². The van der Waals surface area contributed by atoms with Gasteiger partial charge in [-0.25, -0.2) is 0 Å². The minimum absolute atomic E-state index is 0.222. The fraction of sp³-hybridized carbons (Fsp3) is 0.750. The molecule has 1 saturated carbocycles. The van der Waals surface area contributed by atoms with Crippen LogP contribution in [0.4, 0.5) is 0 Å². The minimum Gasteiger partial charge on any atom is -0.352 e. The van der Waals surface area contributed by atoms with Crippen molar-refractivity contribution >= 4 is 5.91 Å². The van der Waals surface area contributed by atoms with Crippen LogP contribution in [0, 0.1) is 11.8 Å². The molecule has 1 aliphatic carbocycles. The molecule has 1 rings (SSSR count). The maximum atomic E-state index is 11.7. The van der Waals surface area contributed by atoms with Gasteiger partial charge >= 0.3 is 0 Å². The Kier molecular flexibility index (Phi) is 4.18. The molecule has 0 heterocycles. The second kappa shape index (κ2) is 5.18. The lowest BCUT2D eigenvalue weighted by atomic mass is 9.82. The Morgan fingerprint density at radius 2 is 1.93 bits per heavy atom. The molecule has 0 aliphatic heterocycles. The third-order valence-electron chi connectivity index (χ3n) is 2.95. The topological polar surface area (TPSA) is 29.1 Å². The number of nitrogens with one attached hydrogen (secondary N) is 1. The maximum absolute atomic E-state index is 11.7. The lowest BCUT2D eigenvalue weighted by Crippen LogP contribution is -2.33. The fourth-order valence-electron chi connectivity index (χ4n) is 1.90. The molecule has 1 aliphatic rings. The Bertz CT molecular complexity index is 214. The van der Waals surface area contributed by atoms with Crippen molar-refractivity contribution in [2.75, 3.05) is 6.54 Å². The number of carbonyl (C=O) groups is 1. The molecule has 2 heteroatoms. The molecule has 2 nitrogen and oxygen atoms in total. The van der Waals surface area contributed by atoms with Crippen LogP contribution in [0.3, 0.4) is 0 Å². The first kappa shape index (κ1) is 11.3. The van der Waals surface area contributed by atoms with Crippen LogP contribution in [0.2, 0.25) is 0 Å². The smallest absolute Gasteiger partial charge is 0.223 e. The van der Waals surface area contributed by atoms with Crippen molar-refractivity contribution in [1.82, 2.24) is 5.32 Å². The molecule has 0 aromatic carbocycles. The molecule has 0 radical (unpaired) electrons. The van der Waals surface area contributed by atoms with Crippen molar-refractivity contribution in [3.63, 3.8) is 0 Å². The van der Waals surface area contributed by atoms with Crippen LogP contribution >= 0.6 is 0 Å². The molecule has 14 heavy (non-hydrogen) atoms. The van der Waals surface area contributed by atoms with E-state index >= 15 is 0 Å². The molecule has 0 saturated heterocycles. The quantitative estimate of drug-likeness (QED) is 0.689. The second-order valence-electron chi connectivity index (χ2n) is 4.63. The molecule has 0 atom stereocenters. The average Bonchev–Trinajstić information content (AvgIpc) is 2.15. The predicted octanol–water partition coefficient (Wildman–Crippen LogP) is 2.51. The highest BCUT2D eigenvalue weighted by molar-refractivity contribution is 5.78. The van der Waals surface area contributed by atoms with Crippen LogP contribution in [-0.4, -0.2) is 12.5 Å². The molecule has 1 N–H and O–H groups in total. The average molecular weight is 195 g/mol. The summed E-state index contributed by atoms with van der Waals surface area (Å²) in [4.78, 5) is 11.7. The Morgan fingerprint density at radius 3 is 2.43 bits per heavy atom. The zero-order valence-corrected chi connectivity index (χ0v) is 9.31. The fourth-order valence-corrected chi connectivity index (χ4v) is 1.90. The molecule has 0 aromatic heterocycles. The molecule has 0 spiro atoms. The van der Waals surface area contributed by atoms with Crippen LogP contribution in [0.25, 0.3) is 0 Å². The van der Waals surface area contributed by atoms with E-state index in [2.05, 4.69) is 18.8 Å². The lowest BCUT2D eigenvalue weighted by molar-refractivity contribution is -0.125. The van der Waals surface area contributed by atoms with Crippen molar-refractivity contribution < 1.29 is 4.79 Å². The van der Waals surface area contributed by atoms with Gasteiger partial charge in [-0.3, -0.25) is 4.79 Å². The molecule has 1 amide bonds. The van der Waals surface area contributed by atoms with Gasteiger partial charge < -0.3 is 5.32 Å². The molecule has 0 aromatic rings. The van der Waals surface area contributed by atoms with E-state index in [9.17, 15) is 4.79 Å². The lowest BCUT2D eigenvalue weighted by Gasteiger charge is -2.25. The zero-order valence-electron chi connectivity index (χ0n) is 9.31. The zero-order chi connectivity index (χ0) is 10.6. The van der Waals surface area contributed by atoms with Gasteiger partial charge in [0.25, 0.3) is 0 Å². The minimum atomic E-state index is 0.222. The summed E-state index contributed by atoms with van der Waals surface area (Å²) >= 11 is 0. The summed E-state index contributed by atoms with van der Waals surface area (Å²) in [5, 5.41) is 2.93. The van der Waals surface area contributed by atoms with E-state index in [1.807, 2.05) is 6.92 Å². The van der Waals surface area contributed by atoms with Gasteiger partial charge in [-0.15, -0.1) is 0 Å². The van der Waals surface area contributed by atoms with E-state index in [-0.39, 0.29) is 11.8 Å². The van der Waals surface area contributed by atoms with E-state index in [1.54, 1.807) is 0 Å². The van der Waals surface area contributed by atoms with Crippen LogP contribution in [0.5, 0.6) is 0 Å². The van der Waals surface area contributed by atoms with E-state index in [0.29, 0.717) is 6.54 Å². The number of hydrogen-bond acceptors (Lipinski definition) is 1. The largest absolute Gasteiger partial charge is 0.352 e. The van der Waals surface area contributed by atoms with Gasteiger partial charge in [0.1, 0.15) is 0 Å². The van der Waals surface area contributed by atoms with Crippen molar-refractivity contribution in [1.29, 1.82) is 0 Å². The molecule has 1 fully saturated rings. The van der Waals surface area contributed by atoms with Gasteiger partial charge in [0.2, 0.25) is 5.91 Å². The Labute approximate surface area is 86.8 Å². The molecular formula is C12H21NO. The number of amides is 1. The van der Waals surface area contributed by atoms with Gasteiger partial charge in [0, 0.05) is 12.5 Å². The van der Waals surface area contributed by atoms with Gasteiger partial charge in [0.05, 0.1) is 0 Å². The Morgan fingerprint density at radius 1 is 1.36 bits per heavy atom. The summed E-state index contributed by atoms with van der Waals surface area (Å²) in [6, 6.07) is 0. The van der Waals surface area contributed by atoms with Crippen LogP contribution in [0.1, 0.15) is 39.5 Å². The van der Waals surface area contributed by atoms with E-state index in [4.69, 9.17) is 0 Å². The molecular weight excluding hydrogens is 174 g/mol. The first-order chi connectivity index (χ1) is 6.59. The van der Waals surface area contributed by atoms with Gasteiger partial charge in [-0.05, 0) is 38.5 Å². The van der Waals surface area contributed by atoms with Crippen molar-refractivity contribution in [2.24, 2.45) is 11.8 Å². The summed E-state index contributed by atoms with van der Waals surface area (Å²) < 4.78 is 0. The monoisotopic (exact) mass is 195 g/mol. The van der Waals surface area contributed by atoms with Gasteiger partial charge in [-0.2, -0.15) is 0 Å². The maximum Gasteiger partial charge on any atom is 0.223 e. The van der Waals surface area contributed by atoms with Crippen LogP contribution < -0.4 is 5.32 Å². The van der Waals surface area contributed by atoms with Crippen LogP contribution in [-0.2, 0) is 4.79 Å². The third kappa shape index (κ3) is 3.52. The summed E-state index contributed by atoms with van der Waals surface area (Å²) in [6.07, 6.45) is 4.52. The normalized spacial score (nSPS) is 27.0. The van der Waals surface area contributed by atoms with Crippen molar-refractivity contribution in [2.45, 2.75) is 39.5 Å². The highest BCUT2D eigenvalue weighted by Crippen LogP contribution is 2.28. The molecule has 0 unspecified atom stereocenters. The summed E-state index contributed by atoms with van der Waals surface area (Å²) in [7, 11) is 0. The number of hydrogen-bond donors (Lipinski definition) is 1. The van der Waals surface area contributed by atoms with Crippen LogP contribution in [0.15, 0.2) is 12.2 Å². The standard InChI is InChI=1S/C12H21NO/c1-9(2)8-13-12(14)11-6-4-10(3)5-7-11/h10-11H,1,4-8H2,2-3H3,(H,13,14). The van der Waals surface area contributed by atoms with E-state index in [0.717, 1.165) is 24.3 Å². The number of rotatable bonds is 3. The van der Waals surface area contributed by atoms with Crippen molar-refractivity contribution in [3.8, 4) is 0 Å². The van der Waals surface area contributed by atoms with Crippen molar-refractivity contribution in [3.05, 3.63) is 12.2 Å². The highest BCUT2D eigenvalue weighted by atomic mass is 16.1. The van der Waals surface area contributed by atoms with E-state index in [1.165, 1.54) is 12.8 Å². The molecule has 0 bridgehead atoms. The molecule has 80 valence electrons. The highest BCUT2D eigenvalue weighted by Gasteiger charge is 2.23. The van der Waals surface area contributed by atoms with Gasteiger partial charge in [0.15, 0.2) is 0 Å². The summed E-state index contributed by atoms with van der Waals surface area (Å²) in [5.41, 5.74) is 1.02. The summed E-state index contributed by atoms with van der Waals surface area (Å²) in [5.74, 6) is 1.28. The number of carbonyl (C=O) groups excluding carboxylic acids is 1. The van der Waals surface area contributed by atoms with Gasteiger partial charge in [-0.1, -0.05) is 19.1 Å². The first-order valence-electron chi connectivity index (χ1n) is 5.51. The Hall–Kier alpha value is -0.790. The SMILES string of the molecule is C=C(C)CNC(=O)C1CCC(C)CC1. The summed E-state index contributed by atoms with van der Waals surface area (Å²) in [6.45, 7) is 8.60. The predicted molar refractivity (Wildman–Crippen MR) is 58.9 cm³/mol. The Balaban J connectivity index is 2.27. The third-order valence-corrected chi connectivity index (χ3v) is 2.95.